The Morgan fingerprint density at radius 3 is 2.61 bits per heavy atom. The van der Waals surface area contributed by atoms with Crippen LogP contribution in [0, 0.1) is 12.7 Å². The van der Waals surface area contributed by atoms with Gasteiger partial charge < -0.3 is 14.8 Å². The number of benzene rings is 2. The van der Waals surface area contributed by atoms with Gasteiger partial charge in [-0.3, -0.25) is 4.79 Å². The first-order chi connectivity index (χ1) is 11.0. The van der Waals surface area contributed by atoms with E-state index in [0.29, 0.717) is 17.9 Å². The van der Waals surface area contributed by atoms with Crippen molar-refractivity contribution < 1.29 is 18.7 Å². The van der Waals surface area contributed by atoms with E-state index in [1.807, 2.05) is 19.1 Å². The van der Waals surface area contributed by atoms with Gasteiger partial charge >= 0.3 is 0 Å². The van der Waals surface area contributed by atoms with E-state index in [9.17, 15) is 9.18 Å². The van der Waals surface area contributed by atoms with E-state index in [1.165, 1.54) is 19.2 Å². The van der Waals surface area contributed by atoms with Crippen LogP contribution in [0.1, 0.15) is 18.9 Å². The Hall–Kier alpha value is -2.56. The molecule has 0 aliphatic rings. The zero-order valence-corrected chi connectivity index (χ0v) is 13.4. The number of halogens is 1. The number of para-hydroxylation sites is 1. The van der Waals surface area contributed by atoms with Crippen LogP contribution in [-0.4, -0.2) is 19.1 Å². The van der Waals surface area contributed by atoms with Crippen molar-refractivity contribution in [3.63, 3.8) is 0 Å². The fraction of sp³-hybridized carbons (Fsp3) is 0.278. The molecule has 0 saturated carbocycles. The van der Waals surface area contributed by atoms with Gasteiger partial charge in [0.15, 0.2) is 17.7 Å². The first-order valence-electron chi connectivity index (χ1n) is 7.41. The Morgan fingerprint density at radius 1 is 1.22 bits per heavy atom. The molecule has 2 aromatic rings. The quantitative estimate of drug-likeness (QED) is 0.878. The molecule has 0 unspecified atom stereocenters. The van der Waals surface area contributed by atoms with Gasteiger partial charge in [0.25, 0.3) is 5.91 Å². The van der Waals surface area contributed by atoms with Gasteiger partial charge in [0, 0.05) is 0 Å². The molecule has 0 bridgehead atoms. The van der Waals surface area contributed by atoms with E-state index in [2.05, 4.69) is 5.32 Å². The zero-order valence-electron chi connectivity index (χ0n) is 13.4. The predicted octanol–water partition coefficient (Wildman–Crippen LogP) is 3.94. The molecule has 0 aromatic heterocycles. The molecule has 23 heavy (non-hydrogen) atoms. The second-order valence-electron chi connectivity index (χ2n) is 5.14. The van der Waals surface area contributed by atoms with Crippen LogP contribution in [0.15, 0.2) is 42.5 Å². The molecule has 4 nitrogen and oxygen atoms in total. The summed E-state index contributed by atoms with van der Waals surface area (Å²) in [4.78, 5) is 12.4. The Balaban J connectivity index is 2.15. The predicted molar refractivity (Wildman–Crippen MR) is 87.5 cm³/mol. The number of nitrogens with one attached hydrogen (secondary N) is 1. The average Bonchev–Trinajstić information content (AvgIpc) is 2.54. The molecular formula is C18H20FNO3. The van der Waals surface area contributed by atoms with Crippen LogP contribution in [0.5, 0.6) is 11.5 Å². The molecule has 1 atom stereocenters. The lowest BCUT2D eigenvalue weighted by molar-refractivity contribution is -0.122. The first-order valence-corrected chi connectivity index (χ1v) is 7.41. The molecular weight excluding hydrogens is 297 g/mol. The summed E-state index contributed by atoms with van der Waals surface area (Å²) in [5.41, 5.74) is 1.55. The summed E-state index contributed by atoms with van der Waals surface area (Å²) in [7, 11) is 1.54. The van der Waals surface area contributed by atoms with Crippen molar-refractivity contribution in [3.8, 4) is 11.5 Å². The van der Waals surface area contributed by atoms with Crippen molar-refractivity contribution in [1.82, 2.24) is 0 Å². The summed E-state index contributed by atoms with van der Waals surface area (Å²) in [6.45, 7) is 3.72. The maximum absolute atomic E-state index is 13.7. The molecule has 122 valence electrons. The van der Waals surface area contributed by atoms with Crippen molar-refractivity contribution in [2.24, 2.45) is 0 Å². The highest BCUT2D eigenvalue weighted by molar-refractivity contribution is 5.95. The fourth-order valence-corrected chi connectivity index (χ4v) is 2.15. The van der Waals surface area contributed by atoms with Crippen molar-refractivity contribution in [3.05, 3.63) is 53.8 Å². The summed E-state index contributed by atoms with van der Waals surface area (Å²) in [5.74, 6) is -0.220. The lowest BCUT2D eigenvalue weighted by Crippen LogP contribution is -2.32. The SMILES string of the molecule is CC[C@@H](Oc1ccccc1F)C(=O)Nc1cc(C)ccc1OC. The van der Waals surface area contributed by atoms with Gasteiger partial charge in [-0.15, -0.1) is 0 Å². The van der Waals surface area contributed by atoms with Crippen molar-refractivity contribution >= 4 is 11.6 Å². The topological polar surface area (TPSA) is 47.6 Å². The number of aryl methyl sites for hydroxylation is 1. The smallest absolute Gasteiger partial charge is 0.265 e. The van der Waals surface area contributed by atoms with Crippen LogP contribution in [0.3, 0.4) is 0 Å². The standard InChI is InChI=1S/C18H20FNO3/c1-4-15(23-16-8-6-5-7-13(16)19)18(21)20-14-11-12(2)9-10-17(14)22-3/h5-11,15H,4H2,1-3H3,(H,20,21)/t15-/m1/s1. The Bertz CT molecular complexity index is 688. The molecule has 0 fully saturated rings. The first kappa shape index (κ1) is 16.8. The van der Waals surface area contributed by atoms with E-state index >= 15 is 0 Å². The van der Waals surface area contributed by atoms with Crippen LogP contribution in [0.25, 0.3) is 0 Å². The number of hydrogen-bond acceptors (Lipinski definition) is 3. The molecule has 1 amide bonds. The number of hydrogen-bond donors (Lipinski definition) is 1. The minimum atomic E-state index is -0.794. The zero-order chi connectivity index (χ0) is 16.8. The van der Waals surface area contributed by atoms with Gasteiger partial charge in [0.05, 0.1) is 12.8 Å². The van der Waals surface area contributed by atoms with Crippen molar-refractivity contribution in [1.29, 1.82) is 0 Å². The number of rotatable bonds is 6. The maximum atomic E-state index is 13.7. The van der Waals surface area contributed by atoms with Crippen LogP contribution < -0.4 is 14.8 Å². The van der Waals surface area contributed by atoms with Crippen LogP contribution in [0.2, 0.25) is 0 Å². The van der Waals surface area contributed by atoms with E-state index < -0.39 is 11.9 Å². The number of carbonyl (C=O) groups is 1. The maximum Gasteiger partial charge on any atom is 0.265 e. The van der Waals surface area contributed by atoms with E-state index in [-0.39, 0.29) is 11.7 Å². The highest BCUT2D eigenvalue weighted by Gasteiger charge is 2.21. The molecule has 0 heterocycles. The highest BCUT2D eigenvalue weighted by atomic mass is 19.1. The summed E-state index contributed by atoms with van der Waals surface area (Å²) in [6, 6.07) is 11.5. The minimum Gasteiger partial charge on any atom is -0.495 e. The van der Waals surface area contributed by atoms with E-state index in [4.69, 9.17) is 9.47 Å². The third kappa shape index (κ3) is 4.22. The van der Waals surface area contributed by atoms with Gasteiger partial charge in [0.2, 0.25) is 0 Å². The summed E-state index contributed by atoms with van der Waals surface area (Å²) in [6.07, 6.45) is -0.383. The Labute approximate surface area is 135 Å². The second-order valence-corrected chi connectivity index (χ2v) is 5.14. The number of methoxy groups -OCH3 is 1. The molecule has 5 heteroatoms. The Kier molecular flexibility index (Phi) is 5.57. The second kappa shape index (κ2) is 7.63. The fourth-order valence-electron chi connectivity index (χ4n) is 2.15. The van der Waals surface area contributed by atoms with E-state index in [1.54, 1.807) is 25.1 Å². The Morgan fingerprint density at radius 2 is 1.96 bits per heavy atom. The third-order valence-corrected chi connectivity index (χ3v) is 3.38. The minimum absolute atomic E-state index is 0.0608. The number of amides is 1. The molecule has 2 aromatic carbocycles. The summed E-state index contributed by atoms with van der Waals surface area (Å²) < 4.78 is 24.4. The molecule has 0 saturated heterocycles. The third-order valence-electron chi connectivity index (χ3n) is 3.38. The lowest BCUT2D eigenvalue weighted by Gasteiger charge is -2.18. The average molecular weight is 317 g/mol. The van der Waals surface area contributed by atoms with Gasteiger partial charge in [0.1, 0.15) is 5.75 Å². The van der Waals surface area contributed by atoms with E-state index in [0.717, 1.165) is 5.56 Å². The largest absolute Gasteiger partial charge is 0.495 e. The van der Waals surface area contributed by atoms with Crippen molar-refractivity contribution in [2.45, 2.75) is 26.4 Å². The van der Waals surface area contributed by atoms with Gasteiger partial charge in [-0.2, -0.15) is 0 Å². The highest BCUT2D eigenvalue weighted by Crippen LogP contribution is 2.26. The molecule has 0 aliphatic carbocycles. The molecule has 0 aliphatic heterocycles. The molecule has 0 spiro atoms. The monoisotopic (exact) mass is 317 g/mol. The summed E-state index contributed by atoms with van der Waals surface area (Å²) in [5, 5.41) is 2.78. The molecule has 0 radical (unpaired) electrons. The normalized spacial score (nSPS) is 11.7. The van der Waals surface area contributed by atoms with Crippen LogP contribution >= 0.6 is 0 Å². The summed E-state index contributed by atoms with van der Waals surface area (Å²) >= 11 is 0. The molecule has 1 N–H and O–H groups in total. The van der Waals surface area contributed by atoms with Gasteiger partial charge in [-0.25, -0.2) is 4.39 Å². The lowest BCUT2D eigenvalue weighted by atomic mass is 10.2. The van der Waals surface area contributed by atoms with Crippen LogP contribution in [0.4, 0.5) is 10.1 Å². The van der Waals surface area contributed by atoms with Gasteiger partial charge in [-0.05, 0) is 43.2 Å². The van der Waals surface area contributed by atoms with Gasteiger partial charge in [-0.1, -0.05) is 25.1 Å². The number of ether oxygens (including phenoxy) is 2. The number of carbonyl (C=O) groups excluding carboxylic acids is 1. The molecule has 2 rings (SSSR count). The number of anilines is 1. The van der Waals surface area contributed by atoms with Crippen LogP contribution in [-0.2, 0) is 4.79 Å². The van der Waals surface area contributed by atoms with Crippen molar-refractivity contribution in [2.75, 3.05) is 12.4 Å².